The third kappa shape index (κ3) is 6.27. The molecule has 3 rings (SSSR count). The molecule has 3 fully saturated rings. The molecule has 2 N–H and O–H groups in total. The second-order valence-corrected chi connectivity index (χ2v) is 8.12. The molecule has 3 aliphatic rings. The molecule has 0 aromatic carbocycles. The first-order valence-electron chi connectivity index (χ1n) is 10.6. The van der Waals surface area contributed by atoms with Gasteiger partial charge in [0.2, 0.25) is 5.91 Å². The summed E-state index contributed by atoms with van der Waals surface area (Å²) in [5.41, 5.74) is 0. The Bertz CT molecular complexity index is 459. The maximum absolute atomic E-state index is 12.7. The Balaban J connectivity index is 0.00000243. The summed E-state index contributed by atoms with van der Waals surface area (Å²) in [7, 11) is 0. The molecule has 1 amide bonds. The lowest BCUT2D eigenvalue weighted by molar-refractivity contribution is -0.135. The van der Waals surface area contributed by atoms with Crippen LogP contribution in [0.15, 0.2) is 4.99 Å². The Labute approximate surface area is 176 Å². The standard InChI is InChI=1S/C20H36N4O.HI/c1-2-21-20(22-14-16-8-6-7-9-16)23-18-12-13-24(15-18)19(25)17-10-4-3-5-11-17;/h16-18H,2-15H2,1H3,(H2,21,22,23);1H. The highest BCUT2D eigenvalue weighted by Crippen LogP contribution is 2.27. The Morgan fingerprint density at radius 3 is 2.42 bits per heavy atom. The third-order valence-electron chi connectivity index (χ3n) is 6.12. The van der Waals surface area contributed by atoms with E-state index < -0.39 is 0 Å². The second-order valence-electron chi connectivity index (χ2n) is 8.12. The van der Waals surface area contributed by atoms with Gasteiger partial charge < -0.3 is 15.5 Å². The Morgan fingerprint density at radius 2 is 1.73 bits per heavy atom. The minimum Gasteiger partial charge on any atom is -0.357 e. The topological polar surface area (TPSA) is 56.7 Å². The Kier molecular flexibility index (Phi) is 9.50. The van der Waals surface area contributed by atoms with Gasteiger partial charge in [-0.1, -0.05) is 32.1 Å². The van der Waals surface area contributed by atoms with Gasteiger partial charge in [0.25, 0.3) is 0 Å². The summed E-state index contributed by atoms with van der Waals surface area (Å²) >= 11 is 0. The van der Waals surface area contributed by atoms with Gasteiger partial charge in [0.05, 0.1) is 0 Å². The van der Waals surface area contributed by atoms with Gasteiger partial charge in [0.15, 0.2) is 5.96 Å². The van der Waals surface area contributed by atoms with Crippen molar-refractivity contribution in [1.82, 2.24) is 15.5 Å². The molecule has 26 heavy (non-hydrogen) atoms. The van der Waals surface area contributed by atoms with Crippen molar-refractivity contribution in [2.45, 2.75) is 77.2 Å². The molecule has 0 aromatic rings. The van der Waals surface area contributed by atoms with E-state index in [1.54, 1.807) is 0 Å². The number of nitrogens with one attached hydrogen (secondary N) is 2. The molecule has 1 heterocycles. The summed E-state index contributed by atoms with van der Waals surface area (Å²) in [6.45, 7) is 5.67. The van der Waals surface area contributed by atoms with Crippen LogP contribution in [0.1, 0.15) is 71.1 Å². The number of amides is 1. The second kappa shape index (κ2) is 11.3. The molecular weight excluding hydrogens is 439 g/mol. The number of hydrogen-bond donors (Lipinski definition) is 2. The van der Waals surface area contributed by atoms with E-state index in [4.69, 9.17) is 4.99 Å². The van der Waals surface area contributed by atoms with Gasteiger partial charge in [-0.3, -0.25) is 9.79 Å². The zero-order chi connectivity index (χ0) is 17.5. The maximum atomic E-state index is 12.7. The zero-order valence-electron chi connectivity index (χ0n) is 16.3. The number of aliphatic imine (C=N–C) groups is 1. The maximum Gasteiger partial charge on any atom is 0.225 e. The third-order valence-corrected chi connectivity index (χ3v) is 6.12. The summed E-state index contributed by atoms with van der Waals surface area (Å²) < 4.78 is 0. The van der Waals surface area contributed by atoms with Gasteiger partial charge in [-0.25, -0.2) is 0 Å². The minimum absolute atomic E-state index is 0. The molecule has 6 heteroatoms. The van der Waals surface area contributed by atoms with Crippen LogP contribution in [-0.4, -0.2) is 49.0 Å². The van der Waals surface area contributed by atoms with E-state index in [-0.39, 0.29) is 29.9 Å². The van der Waals surface area contributed by atoms with Crippen LogP contribution in [0.4, 0.5) is 0 Å². The number of carbonyl (C=O) groups is 1. The van der Waals surface area contributed by atoms with E-state index in [0.717, 1.165) is 57.3 Å². The fourth-order valence-electron chi connectivity index (χ4n) is 4.61. The SMILES string of the molecule is CCNC(=NCC1CCCC1)NC1CCN(C(=O)C2CCCCC2)C1.I. The molecule has 0 aromatic heterocycles. The molecule has 0 spiro atoms. The lowest BCUT2D eigenvalue weighted by Gasteiger charge is -2.26. The molecular formula is C20H37IN4O. The molecule has 2 aliphatic carbocycles. The predicted octanol–water partition coefficient (Wildman–Crippen LogP) is 3.53. The first-order chi connectivity index (χ1) is 12.3. The van der Waals surface area contributed by atoms with Crippen LogP contribution in [-0.2, 0) is 4.79 Å². The number of nitrogens with zero attached hydrogens (tertiary/aromatic N) is 2. The van der Waals surface area contributed by atoms with E-state index in [1.165, 1.54) is 44.9 Å². The number of carbonyl (C=O) groups excluding carboxylic acids is 1. The molecule has 150 valence electrons. The normalized spacial score (nSPS) is 25.2. The average Bonchev–Trinajstić information content (AvgIpc) is 3.32. The first kappa shape index (κ1) is 21.8. The molecule has 2 saturated carbocycles. The predicted molar refractivity (Wildman–Crippen MR) is 118 cm³/mol. The fourth-order valence-corrected chi connectivity index (χ4v) is 4.61. The number of likely N-dealkylation sites (tertiary alicyclic amines) is 1. The molecule has 1 atom stereocenters. The van der Waals surface area contributed by atoms with Crippen molar-refractivity contribution in [3.8, 4) is 0 Å². The van der Waals surface area contributed by atoms with Crippen LogP contribution in [0.5, 0.6) is 0 Å². The highest BCUT2D eigenvalue weighted by molar-refractivity contribution is 14.0. The van der Waals surface area contributed by atoms with Gasteiger partial charge in [-0.2, -0.15) is 0 Å². The lowest BCUT2D eigenvalue weighted by Crippen LogP contribution is -2.45. The van der Waals surface area contributed by atoms with Crippen LogP contribution in [0, 0.1) is 11.8 Å². The van der Waals surface area contributed by atoms with Crippen molar-refractivity contribution in [3.63, 3.8) is 0 Å². The molecule has 0 bridgehead atoms. The van der Waals surface area contributed by atoms with E-state index >= 15 is 0 Å². The lowest BCUT2D eigenvalue weighted by atomic mass is 9.88. The summed E-state index contributed by atoms with van der Waals surface area (Å²) in [6.07, 6.45) is 12.4. The van der Waals surface area contributed by atoms with E-state index in [9.17, 15) is 4.79 Å². The van der Waals surface area contributed by atoms with Gasteiger partial charge >= 0.3 is 0 Å². The summed E-state index contributed by atoms with van der Waals surface area (Å²) in [5, 5.41) is 6.95. The zero-order valence-corrected chi connectivity index (χ0v) is 18.7. The molecule has 5 nitrogen and oxygen atoms in total. The molecule has 1 unspecified atom stereocenters. The first-order valence-corrected chi connectivity index (χ1v) is 10.6. The molecule has 1 saturated heterocycles. The number of rotatable bonds is 5. The quantitative estimate of drug-likeness (QED) is 0.363. The summed E-state index contributed by atoms with van der Waals surface area (Å²) in [6, 6.07) is 0.342. The van der Waals surface area contributed by atoms with Crippen molar-refractivity contribution < 1.29 is 4.79 Å². The van der Waals surface area contributed by atoms with Crippen molar-refractivity contribution in [1.29, 1.82) is 0 Å². The highest BCUT2D eigenvalue weighted by atomic mass is 127. The largest absolute Gasteiger partial charge is 0.357 e. The van der Waals surface area contributed by atoms with E-state index in [0.29, 0.717) is 11.9 Å². The Hall–Kier alpha value is -0.530. The number of guanidine groups is 1. The van der Waals surface area contributed by atoms with Gasteiger partial charge in [-0.05, 0) is 44.9 Å². The van der Waals surface area contributed by atoms with Gasteiger partial charge in [0, 0.05) is 38.1 Å². The molecule has 0 radical (unpaired) electrons. The fraction of sp³-hybridized carbons (Fsp3) is 0.900. The van der Waals surface area contributed by atoms with Crippen molar-refractivity contribution in [2.75, 3.05) is 26.2 Å². The van der Waals surface area contributed by atoms with Crippen LogP contribution in [0.2, 0.25) is 0 Å². The molecule has 1 aliphatic heterocycles. The highest BCUT2D eigenvalue weighted by Gasteiger charge is 2.31. The van der Waals surface area contributed by atoms with Crippen molar-refractivity contribution in [3.05, 3.63) is 0 Å². The average molecular weight is 476 g/mol. The van der Waals surface area contributed by atoms with Crippen molar-refractivity contribution in [2.24, 2.45) is 16.8 Å². The summed E-state index contributed by atoms with van der Waals surface area (Å²) in [5.74, 6) is 2.39. The monoisotopic (exact) mass is 476 g/mol. The number of halogens is 1. The Morgan fingerprint density at radius 1 is 1.04 bits per heavy atom. The summed E-state index contributed by atoms with van der Waals surface area (Å²) in [4.78, 5) is 19.6. The van der Waals surface area contributed by atoms with Gasteiger partial charge in [0.1, 0.15) is 0 Å². The number of hydrogen-bond acceptors (Lipinski definition) is 2. The van der Waals surface area contributed by atoms with Gasteiger partial charge in [-0.15, -0.1) is 24.0 Å². The minimum atomic E-state index is 0. The van der Waals surface area contributed by atoms with E-state index in [1.807, 2.05) is 0 Å². The van der Waals surface area contributed by atoms with Crippen LogP contribution < -0.4 is 10.6 Å². The van der Waals surface area contributed by atoms with E-state index in [2.05, 4.69) is 22.5 Å². The van der Waals surface area contributed by atoms with Crippen LogP contribution in [0.25, 0.3) is 0 Å². The van der Waals surface area contributed by atoms with Crippen molar-refractivity contribution >= 4 is 35.8 Å². The van der Waals surface area contributed by atoms with Crippen LogP contribution in [0.3, 0.4) is 0 Å². The smallest absolute Gasteiger partial charge is 0.225 e. The van der Waals surface area contributed by atoms with Crippen LogP contribution >= 0.6 is 24.0 Å².